The second kappa shape index (κ2) is 7.50. The summed E-state index contributed by atoms with van der Waals surface area (Å²) in [4.78, 5) is 29.2. The van der Waals surface area contributed by atoms with E-state index in [0.717, 1.165) is 32.5 Å². The molecule has 6 nitrogen and oxygen atoms in total. The number of nitrogens with zero attached hydrogens (tertiary/aromatic N) is 3. The third-order valence-electron chi connectivity index (χ3n) is 5.34. The predicted octanol–water partition coefficient (Wildman–Crippen LogP) is 2.47. The van der Waals surface area contributed by atoms with Crippen LogP contribution in [0.4, 0.5) is 4.79 Å². The molecule has 1 fully saturated rings. The first-order chi connectivity index (χ1) is 12.0. The van der Waals surface area contributed by atoms with E-state index in [1.165, 1.54) is 5.69 Å². The Morgan fingerprint density at radius 2 is 2.08 bits per heavy atom. The number of fused-ring (bicyclic) bond motifs is 1. The fourth-order valence-corrected chi connectivity index (χ4v) is 3.88. The van der Waals surface area contributed by atoms with E-state index >= 15 is 0 Å². The molecule has 3 heterocycles. The zero-order valence-electron chi connectivity index (χ0n) is 15.6. The molecule has 0 bridgehead atoms. The zero-order chi connectivity index (χ0) is 18.0. The first kappa shape index (κ1) is 17.8. The van der Waals surface area contributed by atoms with Crippen LogP contribution in [0.1, 0.15) is 45.3 Å². The largest absolute Gasteiger partial charge is 0.348 e. The molecular formula is C19H30N4O2. The average molecular weight is 346 g/mol. The monoisotopic (exact) mass is 346 g/mol. The van der Waals surface area contributed by atoms with Gasteiger partial charge < -0.3 is 19.7 Å². The minimum atomic E-state index is -0.0810. The van der Waals surface area contributed by atoms with E-state index in [2.05, 4.69) is 42.9 Å². The fourth-order valence-electron chi connectivity index (χ4n) is 3.88. The molecule has 0 aliphatic carbocycles. The van der Waals surface area contributed by atoms with Gasteiger partial charge in [-0.15, -0.1) is 0 Å². The third-order valence-corrected chi connectivity index (χ3v) is 5.34. The van der Waals surface area contributed by atoms with Crippen molar-refractivity contribution in [3.63, 3.8) is 0 Å². The van der Waals surface area contributed by atoms with Crippen LogP contribution in [0.3, 0.4) is 0 Å². The molecule has 0 saturated carbocycles. The Balaban J connectivity index is 1.61. The normalized spacial score (nSPS) is 23.5. The number of likely N-dealkylation sites (tertiary alicyclic amines) is 1. The lowest BCUT2D eigenvalue weighted by molar-refractivity contribution is -0.140. The zero-order valence-corrected chi connectivity index (χ0v) is 15.6. The molecule has 3 rings (SSSR count). The minimum absolute atomic E-state index is 0.0354. The van der Waals surface area contributed by atoms with E-state index in [-0.39, 0.29) is 23.9 Å². The van der Waals surface area contributed by atoms with Crippen molar-refractivity contribution < 1.29 is 9.59 Å². The first-order valence-electron chi connectivity index (χ1n) is 9.45. The van der Waals surface area contributed by atoms with Crippen LogP contribution in [0, 0.1) is 11.8 Å². The standard InChI is InChI=1S/C19H30N4O2/c1-14(2)12-20-19(25)22-9-4-6-16(13-22)18(24)23-11-10-21-8-5-7-17(21)15(23)3/h5,7-8,14-16H,4,6,9-13H2,1-3H3,(H,20,25)/t15-,16+/m0/s1. The molecule has 3 amide bonds. The summed E-state index contributed by atoms with van der Waals surface area (Å²) in [6.45, 7) is 9.81. The second-order valence-corrected chi connectivity index (χ2v) is 7.70. The molecule has 1 N–H and O–H groups in total. The number of rotatable bonds is 3. The number of urea groups is 1. The Morgan fingerprint density at radius 1 is 1.28 bits per heavy atom. The van der Waals surface area contributed by atoms with Crippen LogP contribution >= 0.6 is 0 Å². The molecule has 138 valence electrons. The van der Waals surface area contributed by atoms with Gasteiger partial charge in [0.2, 0.25) is 5.91 Å². The van der Waals surface area contributed by atoms with E-state index in [9.17, 15) is 9.59 Å². The Kier molecular flexibility index (Phi) is 5.35. The second-order valence-electron chi connectivity index (χ2n) is 7.70. The summed E-state index contributed by atoms with van der Waals surface area (Å²) in [5.41, 5.74) is 1.20. The highest BCUT2D eigenvalue weighted by molar-refractivity contribution is 5.81. The van der Waals surface area contributed by atoms with Crippen molar-refractivity contribution in [1.82, 2.24) is 19.7 Å². The number of hydrogen-bond acceptors (Lipinski definition) is 2. The third kappa shape index (κ3) is 3.83. The van der Waals surface area contributed by atoms with Crippen LogP contribution in [0.25, 0.3) is 0 Å². The van der Waals surface area contributed by atoms with Crippen LogP contribution < -0.4 is 5.32 Å². The van der Waals surface area contributed by atoms with Gasteiger partial charge in [-0.25, -0.2) is 4.79 Å². The van der Waals surface area contributed by atoms with E-state index < -0.39 is 0 Å². The maximum Gasteiger partial charge on any atom is 0.317 e. The SMILES string of the molecule is CC(C)CNC(=O)N1CCC[C@@H](C(=O)N2CCn3cccc3[C@@H]2C)C1. The molecular weight excluding hydrogens is 316 g/mol. The maximum absolute atomic E-state index is 13.1. The molecule has 0 aromatic carbocycles. The topological polar surface area (TPSA) is 57.6 Å². The highest BCUT2D eigenvalue weighted by Crippen LogP contribution is 2.29. The van der Waals surface area contributed by atoms with Gasteiger partial charge in [0.05, 0.1) is 12.0 Å². The lowest BCUT2D eigenvalue weighted by Gasteiger charge is -2.39. The lowest BCUT2D eigenvalue weighted by Crippen LogP contribution is -2.51. The van der Waals surface area contributed by atoms with E-state index in [1.807, 2.05) is 15.9 Å². The van der Waals surface area contributed by atoms with Crippen LogP contribution in [-0.4, -0.2) is 52.5 Å². The van der Waals surface area contributed by atoms with E-state index in [1.54, 1.807) is 0 Å². The smallest absolute Gasteiger partial charge is 0.317 e. The summed E-state index contributed by atoms with van der Waals surface area (Å²) >= 11 is 0. The van der Waals surface area contributed by atoms with Gasteiger partial charge in [-0.1, -0.05) is 13.8 Å². The molecule has 1 aromatic heterocycles. The van der Waals surface area contributed by atoms with Gasteiger partial charge in [-0.2, -0.15) is 0 Å². The van der Waals surface area contributed by atoms with Crippen molar-refractivity contribution in [2.24, 2.45) is 11.8 Å². The fraction of sp³-hybridized carbons (Fsp3) is 0.684. The van der Waals surface area contributed by atoms with Crippen LogP contribution in [0.5, 0.6) is 0 Å². The number of piperidine rings is 1. The lowest BCUT2D eigenvalue weighted by atomic mass is 9.95. The Bertz CT molecular complexity index is 625. The van der Waals surface area contributed by atoms with Gasteiger partial charge in [-0.3, -0.25) is 4.79 Å². The van der Waals surface area contributed by atoms with Crippen molar-refractivity contribution in [2.45, 2.75) is 46.2 Å². The van der Waals surface area contributed by atoms with Gasteiger partial charge >= 0.3 is 6.03 Å². The van der Waals surface area contributed by atoms with Crippen LogP contribution in [-0.2, 0) is 11.3 Å². The molecule has 2 aliphatic heterocycles. The quantitative estimate of drug-likeness (QED) is 0.914. The van der Waals surface area contributed by atoms with Gasteiger partial charge in [-0.05, 0) is 37.8 Å². The van der Waals surface area contributed by atoms with E-state index in [0.29, 0.717) is 19.0 Å². The predicted molar refractivity (Wildman–Crippen MR) is 97.1 cm³/mol. The molecule has 0 radical (unpaired) electrons. The highest BCUT2D eigenvalue weighted by Gasteiger charge is 2.35. The maximum atomic E-state index is 13.1. The van der Waals surface area contributed by atoms with Crippen LogP contribution in [0.2, 0.25) is 0 Å². The summed E-state index contributed by atoms with van der Waals surface area (Å²) in [5.74, 6) is 0.542. The molecule has 0 unspecified atom stereocenters. The number of amides is 3. The van der Waals surface area contributed by atoms with E-state index in [4.69, 9.17) is 0 Å². The van der Waals surface area contributed by atoms with Gasteiger partial charge in [0.25, 0.3) is 0 Å². The summed E-state index contributed by atoms with van der Waals surface area (Å²) in [6, 6.07) is 4.20. The van der Waals surface area contributed by atoms with Gasteiger partial charge in [0.1, 0.15) is 0 Å². The number of carbonyl (C=O) groups excluding carboxylic acids is 2. The molecule has 1 aromatic rings. The van der Waals surface area contributed by atoms with Crippen molar-refractivity contribution in [3.8, 4) is 0 Å². The van der Waals surface area contributed by atoms with Crippen molar-refractivity contribution in [3.05, 3.63) is 24.0 Å². The number of hydrogen-bond donors (Lipinski definition) is 1. The Labute approximate surface area is 150 Å². The van der Waals surface area contributed by atoms with Gasteiger partial charge in [0.15, 0.2) is 0 Å². The van der Waals surface area contributed by atoms with Crippen molar-refractivity contribution in [2.75, 3.05) is 26.2 Å². The molecule has 6 heteroatoms. The van der Waals surface area contributed by atoms with Crippen molar-refractivity contribution >= 4 is 11.9 Å². The Morgan fingerprint density at radius 3 is 2.84 bits per heavy atom. The summed E-state index contributed by atoms with van der Waals surface area (Å²) in [7, 11) is 0. The minimum Gasteiger partial charge on any atom is -0.348 e. The average Bonchev–Trinajstić information content (AvgIpc) is 3.09. The molecule has 2 atom stereocenters. The van der Waals surface area contributed by atoms with Gasteiger partial charge in [0, 0.05) is 44.6 Å². The van der Waals surface area contributed by atoms with Crippen molar-refractivity contribution in [1.29, 1.82) is 0 Å². The first-order valence-corrected chi connectivity index (χ1v) is 9.45. The number of nitrogens with one attached hydrogen (secondary N) is 1. The summed E-state index contributed by atoms with van der Waals surface area (Å²) in [5, 5.41) is 2.97. The number of aromatic nitrogens is 1. The molecule has 1 saturated heterocycles. The molecule has 25 heavy (non-hydrogen) atoms. The molecule has 2 aliphatic rings. The number of carbonyl (C=O) groups is 2. The summed E-state index contributed by atoms with van der Waals surface area (Å²) in [6.07, 6.45) is 3.84. The van der Waals surface area contributed by atoms with Crippen LogP contribution in [0.15, 0.2) is 18.3 Å². The summed E-state index contributed by atoms with van der Waals surface area (Å²) < 4.78 is 2.22. The molecule has 0 spiro atoms. The Hall–Kier alpha value is -1.98. The highest BCUT2D eigenvalue weighted by atomic mass is 16.2.